The molecule has 0 aromatic carbocycles. The molecule has 0 aliphatic carbocycles. The minimum Gasteiger partial charge on any atom is -0.462 e. The Morgan fingerprint density at radius 1 is 0.871 bits per heavy atom. The van der Waals surface area contributed by atoms with Crippen LogP contribution in [0.2, 0.25) is 0 Å². The van der Waals surface area contributed by atoms with Gasteiger partial charge in [-0.1, -0.05) is 11.3 Å². The second-order valence-electron chi connectivity index (χ2n) is 6.51. The number of esters is 2. The Balaban J connectivity index is 2.14. The van der Waals surface area contributed by atoms with Gasteiger partial charge in [0.25, 0.3) is 0 Å². The third kappa shape index (κ3) is 5.00. The molecular formula is C22H24N4O4S. The van der Waals surface area contributed by atoms with Gasteiger partial charge in [0.05, 0.1) is 37.0 Å². The molecule has 0 spiro atoms. The molecule has 9 heteroatoms. The average Bonchev–Trinajstić information content (AvgIpc) is 3.43. The van der Waals surface area contributed by atoms with Crippen LogP contribution in [0.1, 0.15) is 46.0 Å². The average molecular weight is 441 g/mol. The van der Waals surface area contributed by atoms with Crippen LogP contribution in [0.15, 0.2) is 46.6 Å². The summed E-state index contributed by atoms with van der Waals surface area (Å²) in [5.41, 5.74) is 1.81. The summed E-state index contributed by atoms with van der Waals surface area (Å²) in [5.74, 6) is -1.28. The molecule has 0 amide bonds. The van der Waals surface area contributed by atoms with Crippen molar-refractivity contribution in [3.05, 3.63) is 59.2 Å². The lowest BCUT2D eigenvalue weighted by Gasteiger charge is -2.06. The second kappa shape index (κ2) is 10.0. The number of hydrogen-bond donors (Lipinski definition) is 0. The number of rotatable bonds is 8. The molecule has 0 aliphatic rings. The summed E-state index contributed by atoms with van der Waals surface area (Å²) in [6.45, 7) is 3.74. The number of carbonyl (C=O) groups is 2. The Morgan fingerprint density at radius 3 is 1.61 bits per heavy atom. The Kier molecular flexibility index (Phi) is 7.19. The Hall–Kier alpha value is -3.46. The van der Waals surface area contributed by atoms with Crippen molar-refractivity contribution in [2.24, 2.45) is 24.1 Å². The largest absolute Gasteiger partial charge is 0.462 e. The molecule has 3 heterocycles. The number of aryl methyl sites for hydroxylation is 2. The topological polar surface area (TPSA) is 87.2 Å². The van der Waals surface area contributed by atoms with Crippen molar-refractivity contribution in [1.29, 1.82) is 0 Å². The van der Waals surface area contributed by atoms with Crippen LogP contribution in [0, 0.1) is 0 Å². The summed E-state index contributed by atoms with van der Waals surface area (Å²) in [4.78, 5) is 34.5. The third-order valence-electron chi connectivity index (χ3n) is 4.43. The van der Waals surface area contributed by atoms with Gasteiger partial charge in [0, 0.05) is 26.5 Å². The van der Waals surface area contributed by atoms with E-state index in [4.69, 9.17) is 9.47 Å². The van der Waals surface area contributed by atoms with E-state index < -0.39 is 11.9 Å². The fourth-order valence-electron chi connectivity index (χ4n) is 2.84. The van der Waals surface area contributed by atoms with Gasteiger partial charge in [-0.25, -0.2) is 19.6 Å². The van der Waals surface area contributed by atoms with Crippen LogP contribution in [0.4, 0.5) is 10.0 Å². The Labute approximate surface area is 184 Å². The highest BCUT2D eigenvalue weighted by Crippen LogP contribution is 2.42. The van der Waals surface area contributed by atoms with Crippen molar-refractivity contribution in [1.82, 2.24) is 9.13 Å². The first-order valence-corrected chi connectivity index (χ1v) is 10.6. The first-order valence-electron chi connectivity index (χ1n) is 9.78. The maximum atomic E-state index is 12.8. The van der Waals surface area contributed by atoms with E-state index in [1.807, 2.05) is 59.9 Å². The molecule has 0 radical (unpaired) electrons. The number of nitrogens with zero attached hydrogens (tertiary/aromatic N) is 4. The molecule has 162 valence electrons. The predicted molar refractivity (Wildman–Crippen MR) is 122 cm³/mol. The number of ether oxygens (including phenoxy) is 2. The van der Waals surface area contributed by atoms with E-state index in [0.717, 1.165) is 22.7 Å². The van der Waals surface area contributed by atoms with Crippen LogP contribution in [0.5, 0.6) is 0 Å². The third-order valence-corrected chi connectivity index (χ3v) is 5.43. The van der Waals surface area contributed by atoms with Crippen molar-refractivity contribution in [3.63, 3.8) is 0 Å². The van der Waals surface area contributed by atoms with Crippen LogP contribution in [0.25, 0.3) is 0 Å². The molecule has 3 aromatic rings. The quantitative estimate of drug-likeness (QED) is 0.386. The van der Waals surface area contributed by atoms with Gasteiger partial charge < -0.3 is 18.6 Å². The van der Waals surface area contributed by atoms with Gasteiger partial charge in [-0.3, -0.25) is 0 Å². The number of aliphatic imine (C=N–C) groups is 2. The summed E-state index contributed by atoms with van der Waals surface area (Å²) in [5, 5.41) is 0.670. The van der Waals surface area contributed by atoms with Crippen molar-refractivity contribution < 1.29 is 19.1 Å². The monoisotopic (exact) mass is 440 g/mol. The molecule has 0 fully saturated rings. The number of carbonyl (C=O) groups excluding carboxylic acids is 2. The first-order chi connectivity index (χ1) is 15.0. The lowest BCUT2D eigenvalue weighted by atomic mass is 10.1. The zero-order valence-electron chi connectivity index (χ0n) is 17.9. The summed E-state index contributed by atoms with van der Waals surface area (Å²) in [6.07, 6.45) is 7.05. The second-order valence-corrected chi connectivity index (χ2v) is 7.49. The SMILES string of the molecule is CCOC(=O)c1c(/N=C/c2cccn2C)sc(/N=C/c2cccn2C)c1C(=O)OCC. The number of aromatic nitrogens is 2. The van der Waals surface area contributed by atoms with Crippen molar-refractivity contribution in [2.75, 3.05) is 13.2 Å². The number of thiophene rings is 1. The first kappa shape index (κ1) is 22.2. The maximum Gasteiger partial charge on any atom is 0.342 e. The van der Waals surface area contributed by atoms with E-state index in [1.54, 1.807) is 26.3 Å². The van der Waals surface area contributed by atoms with Gasteiger partial charge in [-0.05, 0) is 38.1 Å². The van der Waals surface area contributed by atoms with E-state index in [0.29, 0.717) is 10.0 Å². The summed E-state index contributed by atoms with van der Waals surface area (Å²) >= 11 is 1.13. The van der Waals surface area contributed by atoms with E-state index >= 15 is 0 Å². The van der Waals surface area contributed by atoms with Crippen molar-refractivity contribution in [2.45, 2.75) is 13.8 Å². The van der Waals surface area contributed by atoms with Gasteiger partial charge in [0.1, 0.15) is 21.1 Å². The summed E-state index contributed by atoms with van der Waals surface area (Å²) in [6, 6.07) is 7.56. The van der Waals surface area contributed by atoms with Gasteiger partial charge in [0.15, 0.2) is 0 Å². The van der Waals surface area contributed by atoms with E-state index in [1.165, 1.54) is 0 Å². The van der Waals surface area contributed by atoms with Crippen molar-refractivity contribution in [3.8, 4) is 0 Å². The molecule has 31 heavy (non-hydrogen) atoms. The van der Waals surface area contributed by atoms with Crippen LogP contribution in [-0.2, 0) is 23.6 Å². The molecule has 0 aliphatic heterocycles. The molecule has 0 unspecified atom stereocenters. The normalized spacial score (nSPS) is 11.5. The predicted octanol–water partition coefficient (Wildman–Crippen LogP) is 4.28. The number of hydrogen-bond acceptors (Lipinski definition) is 7. The molecule has 8 nitrogen and oxygen atoms in total. The molecule has 0 N–H and O–H groups in total. The lowest BCUT2D eigenvalue weighted by molar-refractivity contribution is 0.0481. The van der Waals surface area contributed by atoms with Gasteiger partial charge in [-0.15, -0.1) is 0 Å². The highest BCUT2D eigenvalue weighted by molar-refractivity contribution is 7.20. The van der Waals surface area contributed by atoms with Gasteiger partial charge in [0.2, 0.25) is 0 Å². The lowest BCUT2D eigenvalue weighted by Crippen LogP contribution is -2.12. The smallest absolute Gasteiger partial charge is 0.342 e. The van der Waals surface area contributed by atoms with Gasteiger partial charge in [-0.2, -0.15) is 0 Å². The molecule has 0 bridgehead atoms. The summed E-state index contributed by atoms with van der Waals surface area (Å²) in [7, 11) is 3.78. The van der Waals surface area contributed by atoms with Crippen LogP contribution in [-0.4, -0.2) is 46.7 Å². The molecule has 0 saturated heterocycles. The highest BCUT2D eigenvalue weighted by Gasteiger charge is 2.30. The zero-order chi connectivity index (χ0) is 22.4. The van der Waals surface area contributed by atoms with Crippen LogP contribution >= 0.6 is 11.3 Å². The fraction of sp³-hybridized carbons (Fsp3) is 0.273. The minimum absolute atomic E-state index is 0.0646. The molecule has 3 rings (SSSR count). The van der Waals surface area contributed by atoms with Crippen LogP contribution < -0.4 is 0 Å². The minimum atomic E-state index is -0.638. The summed E-state index contributed by atoms with van der Waals surface area (Å²) < 4.78 is 14.2. The molecular weight excluding hydrogens is 416 g/mol. The van der Waals surface area contributed by atoms with Crippen molar-refractivity contribution >= 4 is 45.7 Å². The van der Waals surface area contributed by atoms with E-state index in [9.17, 15) is 9.59 Å². The highest BCUT2D eigenvalue weighted by atomic mass is 32.1. The molecule has 3 aromatic heterocycles. The zero-order valence-corrected chi connectivity index (χ0v) is 18.7. The molecule has 0 saturated carbocycles. The molecule has 0 atom stereocenters. The Morgan fingerprint density at radius 2 is 1.29 bits per heavy atom. The van der Waals surface area contributed by atoms with Gasteiger partial charge >= 0.3 is 11.9 Å². The van der Waals surface area contributed by atoms with E-state index in [2.05, 4.69) is 9.98 Å². The standard InChI is InChI=1S/C22H24N4O4S/c1-5-29-21(27)17-18(22(28)30-6-2)20(24-14-16-10-8-12-26(16)4)31-19(17)23-13-15-9-7-11-25(15)3/h7-14H,5-6H2,1-4H3/b23-13+,24-14+. The maximum absolute atomic E-state index is 12.8. The Bertz CT molecular complexity index is 1050. The van der Waals surface area contributed by atoms with E-state index in [-0.39, 0.29) is 24.3 Å². The van der Waals surface area contributed by atoms with Crippen LogP contribution in [0.3, 0.4) is 0 Å². The fourth-order valence-corrected chi connectivity index (χ4v) is 3.81.